The van der Waals surface area contributed by atoms with Crippen molar-refractivity contribution in [2.75, 3.05) is 0 Å². The maximum atomic E-state index is 13.2. The highest BCUT2D eigenvalue weighted by atomic mass is 35.5. The Bertz CT molecular complexity index is 676. The fourth-order valence-electron chi connectivity index (χ4n) is 1.71. The maximum Gasteiger partial charge on any atom is 0.419 e. The van der Waals surface area contributed by atoms with E-state index in [4.69, 9.17) is 23.2 Å². The zero-order valence-electron chi connectivity index (χ0n) is 10.1. The molecule has 0 aliphatic heterocycles. The van der Waals surface area contributed by atoms with Crippen LogP contribution in [0, 0.1) is 5.82 Å². The molecule has 112 valence electrons. The third-order valence-corrected chi connectivity index (χ3v) is 3.22. The molecule has 0 aliphatic carbocycles. The topological polar surface area (TPSA) is 33.1 Å². The fourth-order valence-corrected chi connectivity index (χ4v) is 2.20. The van der Waals surface area contributed by atoms with E-state index in [1.165, 1.54) is 12.3 Å². The Labute approximate surface area is 127 Å². The van der Waals surface area contributed by atoms with Crippen LogP contribution in [0.15, 0.2) is 30.5 Å². The molecule has 1 aromatic heterocycles. The number of benzene rings is 1. The summed E-state index contributed by atoms with van der Waals surface area (Å²) >= 11 is 11.5. The van der Waals surface area contributed by atoms with E-state index in [2.05, 4.69) is 4.98 Å². The van der Waals surface area contributed by atoms with E-state index in [1.807, 2.05) is 0 Å². The summed E-state index contributed by atoms with van der Waals surface area (Å²) < 4.78 is 51.1. The molecule has 0 bridgehead atoms. The van der Waals surface area contributed by atoms with Crippen molar-refractivity contribution < 1.29 is 22.7 Å². The minimum atomic E-state index is -4.86. The number of alkyl halides is 3. The van der Waals surface area contributed by atoms with Gasteiger partial charge < -0.3 is 5.11 Å². The Kier molecular flexibility index (Phi) is 4.41. The quantitative estimate of drug-likeness (QED) is 0.809. The van der Waals surface area contributed by atoms with Crippen LogP contribution in [0.1, 0.15) is 22.9 Å². The molecule has 1 unspecified atom stereocenters. The monoisotopic (exact) mass is 339 g/mol. The highest BCUT2D eigenvalue weighted by molar-refractivity contribution is 6.34. The van der Waals surface area contributed by atoms with E-state index < -0.39 is 23.7 Å². The van der Waals surface area contributed by atoms with Gasteiger partial charge in [-0.25, -0.2) is 4.39 Å². The van der Waals surface area contributed by atoms with Crippen LogP contribution in [-0.4, -0.2) is 10.1 Å². The summed E-state index contributed by atoms with van der Waals surface area (Å²) in [5.74, 6) is -1.42. The summed E-state index contributed by atoms with van der Waals surface area (Å²) in [5, 5.41) is 10.3. The number of pyridine rings is 1. The molecular weight excluding hydrogens is 333 g/mol. The first-order valence-corrected chi connectivity index (χ1v) is 6.31. The van der Waals surface area contributed by atoms with E-state index in [1.54, 1.807) is 0 Å². The van der Waals surface area contributed by atoms with Gasteiger partial charge in [0.15, 0.2) is 0 Å². The second-order valence-electron chi connectivity index (χ2n) is 4.16. The van der Waals surface area contributed by atoms with Gasteiger partial charge in [-0.3, -0.25) is 4.98 Å². The molecule has 21 heavy (non-hydrogen) atoms. The molecule has 8 heteroatoms. The van der Waals surface area contributed by atoms with Crippen molar-refractivity contribution in [2.45, 2.75) is 12.3 Å². The molecule has 2 nitrogen and oxygen atoms in total. The summed E-state index contributed by atoms with van der Waals surface area (Å²) in [6, 6.07) is 3.47. The summed E-state index contributed by atoms with van der Waals surface area (Å²) in [7, 11) is 0. The van der Waals surface area contributed by atoms with Gasteiger partial charge >= 0.3 is 6.18 Å². The van der Waals surface area contributed by atoms with Gasteiger partial charge in [-0.2, -0.15) is 13.2 Å². The van der Waals surface area contributed by atoms with Crippen molar-refractivity contribution in [1.82, 2.24) is 4.98 Å². The lowest BCUT2D eigenvalue weighted by molar-refractivity contribution is -0.140. The molecule has 0 amide bonds. The molecule has 2 rings (SSSR count). The molecule has 0 radical (unpaired) electrons. The Morgan fingerprint density at radius 1 is 1.14 bits per heavy atom. The van der Waals surface area contributed by atoms with Crippen LogP contribution >= 0.6 is 23.2 Å². The van der Waals surface area contributed by atoms with Crippen LogP contribution in [0.25, 0.3) is 0 Å². The number of hydrogen-bond acceptors (Lipinski definition) is 2. The highest BCUT2D eigenvalue weighted by Gasteiger charge is 2.35. The average Bonchev–Trinajstić information content (AvgIpc) is 2.37. The molecule has 1 aromatic carbocycles. The lowest BCUT2D eigenvalue weighted by Gasteiger charge is -2.15. The van der Waals surface area contributed by atoms with Crippen LogP contribution in [-0.2, 0) is 6.18 Å². The molecule has 2 aromatic rings. The summed E-state index contributed by atoms with van der Waals surface area (Å²) in [6.07, 6.45) is -5.20. The lowest BCUT2D eigenvalue weighted by Crippen LogP contribution is -2.11. The van der Waals surface area contributed by atoms with E-state index in [-0.39, 0.29) is 21.3 Å². The van der Waals surface area contributed by atoms with Crippen molar-refractivity contribution >= 4 is 23.2 Å². The Hall–Kier alpha value is -1.37. The second-order valence-corrected chi connectivity index (χ2v) is 5.00. The van der Waals surface area contributed by atoms with E-state index in [9.17, 15) is 22.7 Å². The largest absolute Gasteiger partial charge is 0.419 e. The van der Waals surface area contributed by atoms with Crippen molar-refractivity contribution in [3.8, 4) is 0 Å². The number of rotatable bonds is 2. The van der Waals surface area contributed by atoms with Crippen molar-refractivity contribution in [3.05, 3.63) is 63.1 Å². The van der Waals surface area contributed by atoms with Crippen molar-refractivity contribution in [2.24, 2.45) is 0 Å². The number of nitrogens with zero attached hydrogens (tertiary/aromatic N) is 1. The van der Waals surface area contributed by atoms with E-state index in [0.717, 1.165) is 6.07 Å². The van der Waals surface area contributed by atoms with Gasteiger partial charge in [0.25, 0.3) is 0 Å². The molecule has 0 spiro atoms. The van der Waals surface area contributed by atoms with Crippen LogP contribution in [0.5, 0.6) is 0 Å². The first-order valence-electron chi connectivity index (χ1n) is 5.56. The molecule has 0 fully saturated rings. The number of aromatic nitrogens is 1. The SMILES string of the molecule is OC(c1ccc(F)c(C(F)(F)F)c1)c1ncc(Cl)cc1Cl. The Morgan fingerprint density at radius 2 is 1.81 bits per heavy atom. The smallest absolute Gasteiger partial charge is 0.382 e. The molecule has 1 atom stereocenters. The van der Waals surface area contributed by atoms with Gasteiger partial charge in [-0.1, -0.05) is 29.3 Å². The summed E-state index contributed by atoms with van der Waals surface area (Å²) in [4.78, 5) is 3.78. The number of aliphatic hydroxyl groups excluding tert-OH is 1. The van der Waals surface area contributed by atoms with E-state index in [0.29, 0.717) is 12.1 Å². The van der Waals surface area contributed by atoms with Gasteiger partial charge in [0.1, 0.15) is 11.9 Å². The summed E-state index contributed by atoms with van der Waals surface area (Å²) in [6.45, 7) is 0. The van der Waals surface area contributed by atoms with Gasteiger partial charge in [0.05, 0.1) is 21.3 Å². The normalized spacial score (nSPS) is 13.3. The molecule has 0 saturated carbocycles. The first-order chi connectivity index (χ1) is 9.70. The molecule has 1 N–H and O–H groups in total. The van der Waals surface area contributed by atoms with E-state index >= 15 is 0 Å². The molecular formula is C13H7Cl2F4NO. The van der Waals surface area contributed by atoms with Crippen molar-refractivity contribution in [3.63, 3.8) is 0 Å². The average molecular weight is 340 g/mol. The van der Waals surface area contributed by atoms with Gasteiger partial charge in [-0.05, 0) is 23.8 Å². The number of hydrogen-bond donors (Lipinski definition) is 1. The predicted octanol–water partition coefficient (Wildman–Crippen LogP) is 4.63. The molecule has 1 heterocycles. The van der Waals surface area contributed by atoms with Gasteiger partial charge in [0.2, 0.25) is 0 Å². The zero-order chi connectivity index (χ0) is 15.8. The van der Waals surface area contributed by atoms with Crippen LogP contribution in [0.2, 0.25) is 10.0 Å². The fraction of sp³-hybridized carbons (Fsp3) is 0.154. The lowest BCUT2D eigenvalue weighted by atomic mass is 10.0. The second kappa shape index (κ2) is 5.79. The number of halogens is 6. The minimum Gasteiger partial charge on any atom is -0.382 e. The third kappa shape index (κ3) is 3.45. The molecule has 0 saturated heterocycles. The highest BCUT2D eigenvalue weighted by Crippen LogP contribution is 2.35. The van der Waals surface area contributed by atoms with Crippen LogP contribution in [0.4, 0.5) is 17.6 Å². The van der Waals surface area contributed by atoms with Crippen LogP contribution in [0.3, 0.4) is 0 Å². The Morgan fingerprint density at radius 3 is 2.38 bits per heavy atom. The standard InChI is InChI=1S/C13H7Cl2F4NO/c14-7-4-9(15)11(20-5-7)12(21)6-1-2-10(16)8(3-6)13(17,18)19/h1-5,12,21H. The predicted molar refractivity (Wildman–Crippen MR) is 69.7 cm³/mol. The first kappa shape index (κ1) is 16.0. The van der Waals surface area contributed by atoms with Crippen LogP contribution < -0.4 is 0 Å². The minimum absolute atomic E-state index is 0.00659. The number of aliphatic hydroxyl groups is 1. The maximum absolute atomic E-state index is 13.2. The van der Waals surface area contributed by atoms with Crippen molar-refractivity contribution in [1.29, 1.82) is 0 Å². The molecule has 0 aliphatic rings. The summed E-state index contributed by atoms with van der Waals surface area (Å²) in [5.41, 5.74) is -1.72. The third-order valence-electron chi connectivity index (χ3n) is 2.71. The Balaban J connectivity index is 2.46. The van der Waals surface area contributed by atoms with Gasteiger partial charge in [0, 0.05) is 6.20 Å². The zero-order valence-corrected chi connectivity index (χ0v) is 11.6. The van der Waals surface area contributed by atoms with Gasteiger partial charge in [-0.15, -0.1) is 0 Å².